The maximum Gasteiger partial charge on any atom is 0.328 e. The summed E-state index contributed by atoms with van der Waals surface area (Å²) >= 11 is 3.07. The first-order valence-corrected chi connectivity index (χ1v) is 10.6. The monoisotopic (exact) mass is 475 g/mol. The maximum atomic E-state index is 12.7. The number of urea groups is 1. The van der Waals surface area contributed by atoms with Crippen LogP contribution in [0.1, 0.15) is 18.4 Å². The molecule has 0 unspecified atom stereocenters. The minimum atomic E-state index is -0.618. The van der Waals surface area contributed by atoms with E-state index in [0.29, 0.717) is 32.5 Å². The highest BCUT2D eigenvalue weighted by Gasteiger charge is 2.31. The van der Waals surface area contributed by atoms with Crippen molar-refractivity contribution in [3.8, 4) is 0 Å². The normalized spacial score (nSPS) is 17.3. The van der Waals surface area contributed by atoms with Crippen LogP contribution in [0.15, 0.2) is 44.5 Å². The number of nitrogens with zero attached hydrogens (tertiary/aromatic N) is 3. The SMILES string of the molecule is O=C(Cn1cc(Br)c(=O)[nH]c1=O)N1CCC(N2CCc3ccccc3NC2=O)CC1. The fourth-order valence-electron chi connectivity index (χ4n) is 4.01. The summed E-state index contributed by atoms with van der Waals surface area (Å²) in [5.74, 6) is -0.192. The molecule has 0 saturated carbocycles. The molecule has 2 N–H and O–H groups in total. The van der Waals surface area contributed by atoms with E-state index in [2.05, 4.69) is 26.2 Å². The van der Waals surface area contributed by atoms with E-state index in [4.69, 9.17) is 0 Å². The van der Waals surface area contributed by atoms with Gasteiger partial charge in [0.1, 0.15) is 6.54 Å². The summed E-state index contributed by atoms with van der Waals surface area (Å²) in [5.41, 5.74) is 0.836. The van der Waals surface area contributed by atoms with Gasteiger partial charge < -0.3 is 15.1 Å². The molecule has 0 bridgehead atoms. The molecular formula is C20H22BrN5O4. The number of hydrogen-bond acceptors (Lipinski definition) is 4. The number of benzene rings is 1. The van der Waals surface area contributed by atoms with Crippen LogP contribution in [-0.2, 0) is 17.8 Å². The molecule has 2 aliphatic heterocycles. The zero-order valence-corrected chi connectivity index (χ0v) is 17.9. The van der Waals surface area contributed by atoms with Gasteiger partial charge in [-0.05, 0) is 46.8 Å². The highest BCUT2D eigenvalue weighted by atomic mass is 79.9. The molecule has 1 aromatic heterocycles. The van der Waals surface area contributed by atoms with Gasteiger partial charge in [-0.15, -0.1) is 0 Å². The van der Waals surface area contributed by atoms with Crippen molar-refractivity contribution >= 4 is 33.6 Å². The summed E-state index contributed by atoms with van der Waals surface area (Å²) in [6.07, 6.45) is 3.47. The number of hydrogen-bond donors (Lipinski definition) is 2. The van der Waals surface area contributed by atoms with E-state index in [0.717, 1.165) is 17.7 Å². The molecule has 3 amide bonds. The standard InChI is InChI=1S/C20H22BrN5O4/c21-15-11-25(19(29)23-18(15)28)12-17(27)24-8-6-14(7-9-24)26-10-5-13-3-1-2-4-16(13)22-20(26)30/h1-4,11,14H,5-10,12H2,(H,22,30)(H,23,28,29). The van der Waals surface area contributed by atoms with Crippen LogP contribution in [0.3, 0.4) is 0 Å². The number of nitrogens with one attached hydrogen (secondary N) is 2. The Morgan fingerprint density at radius 1 is 1.10 bits per heavy atom. The van der Waals surface area contributed by atoms with Crippen LogP contribution < -0.4 is 16.6 Å². The van der Waals surface area contributed by atoms with Crippen molar-refractivity contribution < 1.29 is 9.59 Å². The third kappa shape index (κ3) is 4.18. The number of aromatic amines is 1. The number of piperidine rings is 1. The zero-order chi connectivity index (χ0) is 21.3. The molecule has 0 radical (unpaired) electrons. The fraction of sp³-hybridized carbons (Fsp3) is 0.400. The van der Waals surface area contributed by atoms with Gasteiger partial charge in [0.25, 0.3) is 5.56 Å². The van der Waals surface area contributed by atoms with E-state index in [9.17, 15) is 19.2 Å². The van der Waals surface area contributed by atoms with E-state index in [-0.39, 0.29) is 29.0 Å². The Kier molecular flexibility index (Phi) is 5.76. The number of anilines is 1. The van der Waals surface area contributed by atoms with E-state index in [1.807, 2.05) is 29.2 Å². The number of fused-ring (bicyclic) bond motifs is 1. The Morgan fingerprint density at radius 2 is 1.83 bits per heavy atom. The molecule has 1 aromatic carbocycles. The van der Waals surface area contributed by atoms with Crippen LogP contribution in [0.25, 0.3) is 0 Å². The van der Waals surface area contributed by atoms with Crippen molar-refractivity contribution in [2.24, 2.45) is 0 Å². The second-order valence-electron chi connectivity index (χ2n) is 7.51. The van der Waals surface area contributed by atoms with Gasteiger partial charge in [0, 0.05) is 37.6 Å². The smallest absolute Gasteiger partial charge is 0.328 e. The van der Waals surface area contributed by atoms with Crippen LogP contribution in [0.2, 0.25) is 0 Å². The Morgan fingerprint density at radius 3 is 2.60 bits per heavy atom. The van der Waals surface area contributed by atoms with Gasteiger partial charge in [-0.2, -0.15) is 0 Å². The minimum Gasteiger partial charge on any atom is -0.341 e. The third-order valence-electron chi connectivity index (χ3n) is 5.67. The van der Waals surface area contributed by atoms with Crippen molar-refractivity contribution in [1.29, 1.82) is 0 Å². The van der Waals surface area contributed by atoms with Gasteiger partial charge in [0.2, 0.25) is 5.91 Å². The van der Waals surface area contributed by atoms with Crippen LogP contribution in [-0.4, -0.2) is 57.0 Å². The van der Waals surface area contributed by atoms with Gasteiger partial charge in [-0.3, -0.25) is 19.1 Å². The van der Waals surface area contributed by atoms with E-state index >= 15 is 0 Å². The molecule has 3 heterocycles. The quantitative estimate of drug-likeness (QED) is 0.698. The molecule has 0 spiro atoms. The summed E-state index contributed by atoms with van der Waals surface area (Å²) in [6, 6.07) is 7.78. The first-order chi connectivity index (χ1) is 14.4. The predicted molar refractivity (Wildman–Crippen MR) is 114 cm³/mol. The molecule has 0 aliphatic carbocycles. The highest BCUT2D eigenvalue weighted by Crippen LogP contribution is 2.24. The molecule has 30 heavy (non-hydrogen) atoms. The van der Waals surface area contributed by atoms with Crippen LogP contribution in [0, 0.1) is 0 Å². The average Bonchev–Trinajstić information content (AvgIpc) is 2.90. The highest BCUT2D eigenvalue weighted by molar-refractivity contribution is 9.10. The van der Waals surface area contributed by atoms with E-state index in [1.165, 1.54) is 10.8 Å². The van der Waals surface area contributed by atoms with Crippen molar-refractivity contribution in [2.75, 3.05) is 25.0 Å². The molecular weight excluding hydrogens is 454 g/mol. The Bertz CT molecular complexity index is 1090. The van der Waals surface area contributed by atoms with E-state index in [1.54, 1.807) is 4.90 Å². The summed E-state index contributed by atoms with van der Waals surface area (Å²) in [5, 5.41) is 2.99. The molecule has 1 fully saturated rings. The number of halogens is 1. The molecule has 10 heteroatoms. The number of carbonyl (C=O) groups excluding carboxylic acids is 2. The van der Waals surface area contributed by atoms with Crippen molar-refractivity contribution in [1.82, 2.24) is 19.4 Å². The topological polar surface area (TPSA) is 108 Å². The third-order valence-corrected chi connectivity index (χ3v) is 6.24. The number of likely N-dealkylation sites (tertiary alicyclic amines) is 1. The van der Waals surface area contributed by atoms with Gasteiger partial charge in [0.15, 0.2) is 0 Å². The number of carbonyl (C=O) groups is 2. The zero-order valence-electron chi connectivity index (χ0n) is 16.3. The number of rotatable bonds is 3. The molecule has 0 atom stereocenters. The summed E-state index contributed by atoms with van der Waals surface area (Å²) < 4.78 is 1.38. The first kappa shape index (κ1) is 20.4. The maximum absolute atomic E-state index is 12.7. The molecule has 2 aromatic rings. The second-order valence-corrected chi connectivity index (χ2v) is 8.36. The largest absolute Gasteiger partial charge is 0.341 e. The van der Waals surface area contributed by atoms with Gasteiger partial charge >= 0.3 is 11.7 Å². The van der Waals surface area contributed by atoms with Crippen molar-refractivity contribution in [3.05, 3.63) is 61.3 Å². The number of amides is 3. The Balaban J connectivity index is 1.36. The molecule has 1 saturated heterocycles. The summed E-state index contributed by atoms with van der Waals surface area (Å²) in [7, 11) is 0. The average molecular weight is 476 g/mol. The number of para-hydroxylation sites is 1. The summed E-state index contributed by atoms with van der Waals surface area (Å²) in [4.78, 5) is 54.4. The molecule has 158 valence electrons. The van der Waals surface area contributed by atoms with Gasteiger partial charge in [0.05, 0.1) is 4.47 Å². The minimum absolute atomic E-state index is 0.0632. The van der Waals surface area contributed by atoms with Crippen LogP contribution in [0.4, 0.5) is 10.5 Å². The van der Waals surface area contributed by atoms with Crippen LogP contribution >= 0.6 is 15.9 Å². The molecule has 4 rings (SSSR count). The number of aromatic nitrogens is 2. The predicted octanol–water partition coefficient (Wildman–Crippen LogP) is 1.38. The second kappa shape index (κ2) is 8.47. The lowest BCUT2D eigenvalue weighted by Crippen LogP contribution is -2.50. The fourth-order valence-corrected chi connectivity index (χ4v) is 4.36. The Labute approximate surface area is 180 Å². The van der Waals surface area contributed by atoms with Gasteiger partial charge in [-0.1, -0.05) is 18.2 Å². The Hall–Kier alpha value is -2.88. The number of H-pyrrole nitrogens is 1. The molecule has 9 nitrogen and oxygen atoms in total. The van der Waals surface area contributed by atoms with E-state index < -0.39 is 11.2 Å². The van der Waals surface area contributed by atoms with Gasteiger partial charge in [-0.25, -0.2) is 9.59 Å². The van der Waals surface area contributed by atoms with Crippen molar-refractivity contribution in [3.63, 3.8) is 0 Å². The van der Waals surface area contributed by atoms with Crippen LogP contribution in [0.5, 0.6) is 0 Å². The summed E-state index contributed by atoms with van der Waals surface area (Å²) in [6.45, 7) is 1.53. The first-order valence-electron chi connectivity index (χ1n) is 9.85. The molecule has 2 aliphatic rings. The lowest BCUT2D eigenvalue weighted by atomic mass is 10.0. The lowest BCUT2D eigenvalue weighted by molar-refractivity contribution is -0.133. The van der Waals surface area contributed by atoms with Crippen molar-refractivity contribution in [2.45, 2.75) is 31.8 Å². The lowest BCUT2D eigenvalue weighted by Gasteiger charge is -2.38.